The first-order valence-corrected chi connectivity index (χ1v) is 15.1. The molecule has 2 fully saturated rings. The van der Waals surface area contributed by atoms with Crippen LogP contribution in [0.1, 0.15) is 148 Å². The minimum Gasteiger partial charge on any atom is -0.127 e. The number of rotatable bonds is 15. The maximum Gasteiger partial charge on any atom is 0.0223 e. The first-order valence-electron chi connectivity index (χ1n) is 14.6. The summed E-state index contributed by atoms with van der Waals surface area (Å²) in [6.45, 7) is 0. The first kappa shape index (κ1) is 25.6. The molecule has 3 rings (SSSR count). The van der Waals surface area contributed by atoms with Gasteiger partial charge in [0.05, 0.1) is 0 Å². The Morgan fingerprint density at radius 2 is 1.16 bits per heavy atom. The Labute approximate surface area is 200 Å². The number of hydrogen-bond donors (Lipinski definition) is 0. The molecule has 31 heavy (non-hydrogen) atoms. The van der Waals surface area contributed by atoms with E-state index in [0.717, 1.165) is 23.6 Å². The zero-order valence-corrected chi connectivity index (χ0v) is 21.5. The smallest absolute Gasteiger partial charge is 0.0223 e. The normalized spacial score (nSPS) is 26.5. The van der Waals surface area contributed by atoms with Crippen LogP contribution in [-0.4, -0.2) is 5.88 Å². The Morgan fingerprint density at radius 1 is 0.613 bits per heavy atom. The quantitative estimate of drug-likeness (QED) is 0.133. The van der Waals surface area contributed by atoms with Crippen LogP contribution >= 0.6 is 11.6 Å². The SMILES string of the molecule is ClCCCCCCCCCCCCCC1C=CC(C2(C3CCCCC3)CCCCC2)C1. The summed E-state index contributed by atoms with van der Waals surface area (Å²) < 4.78 is 0. The van der Waals surface area contributed by atoms with Gasteiger partial charge in [0.2, 0.25) is 0 Å². The van der Waals surface area contributed by atoms with Crippen molar-refractivity contribution >= 4 is 11.6 Å². The Balaban J connectivity index is 1.26. The fourth-order valence-electron chi connectivity index (χ4n) is 7.48. The second-order valence-corrected chi connectivity index (χ2v) is 11.9. The van der Waals surface area contributed by atoms with Crippen LogP contribution < -0.4 is 0 Å². The van der Waals surface area contributed by atoms with E-state index in [1.807, 2.05) is 0 Å². The molecule has 0 bridgehead atoms. The standard InChI is InChI=1S/C30H53Cl/c31-25-17-9-7-5-3-1-2-4-6-8-12-18-27-21-22-29(26-27)30(23-15-11-16-24-30)28-19-13-10-14-20-28/h21-22,27-29H,1-20,23-26H2. The molecule has 2 unspecified atom stereocenters. The fourth-order valence-corrected chi connectivity index (χ4v) is 7.67. The molecule has 0 heterocycles. The van der Waals surface area contributed by atoms with Crippen LogP contribution in [-0.2, 0) is 0 Å². The molecular weight excluding hydrogens is 396 g/mol. The zero-order chi connectivity index (χ0) is 21.6. The van der Waals surface area contributed by atoms with Gasteiger partial charge in [-0.2, -0.15) is 0 Å². The van der Waals surface area contributed by atoms with Gasteiger partial charge in [-0.3, -0.25) is 0 Å². The minimum atomic E-state index is 0.702. The number of allylic oxidation sites excluding steroid dienone is 2. The molecule has 1 heteroatoms. The van der Waals surface area contributed by atoms with Crippen LogP contribution in [0.15, 0.2) is 12.2 Å². The van der Waals surface area contributed by atoms with Crippen LogP contribution in [0, 0.1) is 23.2 Å². The Kier molecular flexibility index (Phi) is 12.4. The first-order chi connectivity index (χ1) is 15.3. The molecule has 0 aromatic rings. The third-order valence-electron chi connectivity index (χ3n) is 9.32. The van der Waals surface area contributed by atoms with E-state index < -0.39 is 0 Å². The van der Waals surface area contributed by atoms with Gasteiger partial charge in [0.1, 0.15) is 0 Å². The Bertz CT molecular complexity index is 469. The van der Waals surface area contributed by atoms with E-state index in [1.54, 1.807) is 25.7 Å². The predicted octanol–water partition coefficient (Wildman–Crippen LogP) is 10.6. The summed E-state index contributed by atoms with van der Waals surface area (Å²) >= 11 is 5.74. The highest BCUT2D eigenvalue weighted by Crippen LogP contribution is 2.56. The second-order valence-electron chi connectivity index (χ2n) is 11.5. The Morgan fingerprint density at radius 3 is 1.77 bits per heavy atom. The number of alkyl halides is 1. The van der Waals surface area contributed by atoms with Gasteiger partial charge in [-0.1, -0.05) is 115 Å². The molecule has 180 valence electrons. The topological polar surface area (TPSA) is 0 Å². The third kappa shape index (κ3) is 8.39. The van der Waals surface area contributed by atoms with Crippen molar-refractivity contribution in [2.45, 2.75) is 148 Å². The number of halogens is 1. The van der Waals surface area contributed by atoms with E-state index in [-0.39, 0.29) is 0 Å². The highest BCUT2D eigenvalue weighted by Gasteiger charge is 2.46. The molecule has 3 aliphatic carbocycles. The van der Waals surface area contributed by atoms with Crippen molar-refractivity contribution in [2.24, 2.45) is 23.2 Å². The maximum atomic E-state index is 5.74. The Hall–Kier alpha value is 0.0300. The lowest BCUT2D eigenvalue weighted by atomic mass is 9.55. The van der Waals surface area contributed by atoms with Crippen LogP contribution in [0.25, 0.3) is 0 Å². The lowest BCUT2D eigenvalue weighted by molar-refractivity contribution is 0.0199. The molecule has 0 saturated heterocycles. The van der Waals surface area contributed by atoms with Crippen molar-refractivity contribution in [1.29, 1.82) is 0 Å². The van der Waals surface area contributed by atoms with Crippen molar-refractivity contribution in [1.82, 2.24) is 0 Å². The van der Waals surface area contributed by atoms with Crippen molar-refractivity contribution in [3.8, 4) is 0 Å². The lowest BCUT2D eigenvalue weighted by Crippen LogP contribution is -2.40. The highest BCUT2D eigenvalue weighted by molar-refractivity contribution is 6.17. The second kappa shape index (κ2) is 15.0. The summed E-state index contributed by atoms with van der Waals surface area (Å²) in [5.74, 6) is 3.72. The third-order valence-corrected chi connectivity index (χ3v) is 9.59. The number of hydrogen-bond acceptors (Lipinski definition) is 0. The molecule has 0 amide bonds. The molecule has 2 saturated carbocycles. The van der Waals surface area contributed by atoms with Gasteiger partial charge < -0.3 is 0 Å². The van der Waals surface area contributed by atoms with E-state index in [1.165, 1.54) is 122 Å². The summed E-state index contributed by atoms with van der Waals surface area (Å²) in [5.41, 5.74) is 0.702. The van der Waals surface area contributed by atoms with Crippen molar-refractivity contribution < 1.29 is 0 Å². The van der Waals surface area contributed by atoms with Gasteiger partial charge in [-0.15, -0.1) is 11.6 Å². The molecule has 0 aromatic heterocycles. The van der Waals surface area contributed by atoms with E-state index in [2.05, 4.69) is 12.2 Å². The average molecular weight is 449 g/mol. The van der Waals surface area contributed by atoms with Gasteiger partial charge in [-0.25, -0.2) is 0 Å². The molecule has 0 aliphatic heterocycles. The molecule has 0 nitrogen and oxygen atoms in total. The summed E-state index contributed by atoms with van der Waals surface area (Å²) in [5, 5.41) is 0. The summed E-state index contributed by atoms with van der Waals surface area (Å²) in [4.78, 5) is 0. The van der Waals surface area contributed by atoms with Gasteiger partial charge in [-0.05, 0) is 68.1 Å². The molecule has 0 spiro atoms. The fraction of sp³-hybridized carbons (Fsp3) is 0.933. The molecular formula is C30H53Cl. The molecule has 0 N–H and O–H groups in total. The van der Waals surface area contributed by atoms with Crippen molar-refractivity contribution in [2.75, 3.05) is 5.88 Å². The van der Waals surface area contributed by atoms with Crippen LogP contribution in [0.4, 0.5) is 0 Å². The van der Waals surface area contributed by atoms with E-state index in [9.17, 15) is 0 Å². The van der Waals surface area contributed by atoms with E-state index in [0.29, 0.717) is 5.41 Å². The molecule has 3 aliphatic rings. The minimum absolute atomic E-state index is 0.702. The average Bonchev–Trinajstić information content (AvgIpc) is 3.30. The van der Waals surface area contributed by atoms with E-state index in [4.69, 9.17) is 11.6 Å². The molecule has 2 atom stereocenters. The largest absolute Gasteiger partial charge is 0.127 e. The van der Waals surface area contributed by atoms with Crippen LogP contribution in [0.3, 0.4) is 0 Å². The van der Waals surface area contributed by atoms with Crippen LogP contribution in [0.5, 0.6) is 0 Å². The van der Waals surface area contributed by atoms with Gasteiger partial charge in [0.15, 0.2) is 0 Å². The highest BCUT2D eigenvalue weighted by atomic mass is 35.5. The lowest BCUT2D eigenvalue weighted by Gasteiger charge is -2.49. The summed E-state index contributed by atoms with van der Waals surface area (Å²) in [6, 6.07) is 0. The maximum absolute atomic E-state index is 5.74. The molecule has 0 aromatic carbocycles. The molecule has 0 radical (unpaired) electrons. The van der Waals surface area contributed by atoms with Gasteiger partial charge in [0, 0.05) is 5.88 Å². The zero-order valence-electron chi connectivity index (χ0n) is 20.7. The van der Waals surface area contributed by atoms with Gasteiger partial charge >= 0.3 is 0 Å². The van der Waals surface area contributed by atoms with Crippen LogP contribution in [0.2, 0.25) is 0 Å². The summed E-state index contributed by atoms with van der Waals surface area (Å²) in [6.07, 6.45) is 39.2. The van der Waals surface area contributed by atoms with E-state index >= 15 is 0 Å². The summed E-state index contributed by atoms with van der Waals surface area (Å²) in [7, 11) is 0. The predicted molar refractivity (Wildman–Crippen MR) is 139 cm³/mol. The monoisotopic (exact) mass is 448 g/mol. The van der Waals surface area contributed by atoms with Gasteiger partial charge in [0.25, 0.3) is 0 Å². The number of unbranched alkanes of at least 4 members (excludes halogenated alkanes) is 10. The van der Waals surface area contributed by atoms with Crippen molar-refractivity contribution in [3.63, 3.8) is 0 Å². The van der Waals surface area contributed by atoms with Crippen molar-refractivity contribution in [3.05, 3.63) is 12.2 Å².